The number of methoxy groups -OCH3 is 1. The van der Waals surface area contributed by atoms with Crippen molar-refractivity contribution in [3.8, 4) is 5.75 Å². The molecule has 222 valence electrons. The zero-order valence-corrected chi connectivity index (χ0v) is 24.1. The minimum Gasteiger partial charge on any atom is -0.508 e. The summed E-state index contributed by atoms with van der Waals surface area (Å²) >= 11 is 6.89. The fourth-order valence-corrected chi connectivity index (χ4v) is 7.54. The number of ether oxygens (including phenoxy) is 1. The van der Waals surface area contributed by atoms with E-state index in [-0.39, 0.29) is 29.7 Å². The number of rotatable bonds is 6. The highest BCUT2D eigenvalue weighted by molar-refractivity contribution is 6.32. The molecule has 0 unspecified atom stereocenters. The highest BCUT2D eigenvalue weighted by Gasteiger charge is 2.64. The van der Waals surface area contributed by atoms with Crippen LogP contribution in [0.4, 0.5) is 0 Å². The molecular formula is C29H36ClN3O8. The second kappa shape index (κ2) is 10.7. The lowest BCUT2D eigenvalue weighted by Crippen LogP contribution is -2.65. The number of carbonyl (C=O) groups is 3. The van der Waals surface area contributed by atoms with Crippen molar-refractivity contribution in [2.45, 2.75) is 43.9 Å². The Morgan fingerprint density at radius 2 is 1.88 bits per heavy atom. The Bertz CT molecular complexity index is 1380. The first-order valence-electron chi connectivity index (χ1n) is 13.7. The third kappa shape index (κ3) is 4.54. The first kappa shape index (κ1) is 29.5. The number of likely N-dealkylation sites (N-methyl/N-ethyl adjacent to an activating group) is 1. The molecule has 1 aromatic carbocycles. The van der Waals surface area contributed by atoms with Gasteiger partial charge in [-0.3, -0.25) is 24.2 Å². The lowest BCUT2D eigenvalue weighted by molar-refractivity contribution is -0.153. The van der Waals surface area contributed by atoms with Gasteiger partial charge in [0.05, 0.1) is 11.6 Å². The molecule has 4 aliphatic rings. The van der Waals surface area contributed by atoms with Gasteiger partial charge in [-0.1, -0.05) is 11.6 Å². The third-order valence-electron chi connectivity index (χ3n) is 9.23. The van der Waals surface area contributed by atoms with Gasteiger partial charge < -0.3 is 30.9 Å². The number of aromatic hydroxyl groups is 1. The quantitative estimate of drug-likeness (QED) is 0.306. The summed E-state index contributed by atoms with van der Waals surface area (Å²) in [7, 11) is 4.82. The van der Waals surface area contributed by atoms with Crippen LogP contribution in [0.15, 0.2) is 23.0 Å². The molecule has 11 nitrogen and oxygen atoms in total. The van der Waals surface area contributed by atoms with E-state index in [0.717, 1.165) is 32.5 Å². The van der Waals surface area contributed by atoms with E-state index in [4.69, 9.17) is 22.1 Å². The van der Waals surface area contributed by atoms with Crippen LogP contribution in [0.1, 0.15) is 36.0 Å². The zero-order valence-electron chi connectivity index (χ0n) is 23.3. The fourth-order valence-electron chi connectivity index (χ4n) is 7.25. The van der Waals surface area contributed by atoms with Gasteiger partial charge in [0.1, 0.15) is 22.8 Å². The highest BCUT2D eigenvalue weighted by atomic mass is 35.5. The van der Waals surface area contributed by atoms with Crippen LogP contribution in [0, 0.1) is 17.8 Å². The Balaban J connectivity index is 1.55. The summed E-state index contributed by atoms with van der Waals surface area (Å²) in [6, 6.07) is 0.345. The molecule has 0 radical (unpaired) electrons. The first-order chi connectivity index (χ1) is 19.3. The predicted molar refractivity (Wildman–Crippen MR) is 149 cm³/mol. The number of hydrogen-bond acceptors (Lipinski definition) is 10. The maximum atomic E-state index is 13.9. The van der Waals surface area contributed by atoms with Crippen molar-refractivity contribution in [2.24, 2.45) is 23.5 Å². The first-order valence-corrected chi connectivity index (χ1v) is 14.1. The van der Waals surface area contributed by atoms with Gasteiger partial charge in [-0.2, -0.15) is 0 Å². The number of nitrogens with zero attached hydrogens (tertiary/aromatic N) is 2. The van der Waals surface area contributed by atoms with Crippen molar-refractivity contribution >= 4 is 34.8 Å². The Morgan fingerprint density at radius 3 is 2.46 bits per heavy atom. The van der Waals surface area contributed by atoms with Crippen molar-refractivity contribution < 1.29 is 39.5 Å². The zero-order chi connectivity index (χ0) is 30.0. The molecule has 1 amide bonds. The van der Waals surface area contributed by atoms with E-state index in [9.17, 15) is 34.8 Å². The Hall–Kier alpha value is -2.96. The summed E-state index contributed by atoms with van der Waals surface area (Å²) in [6.45, 7) is 2.91. The van der Waals surface area contributed by atoms with Gasteiger partial charge in [0, 0.05) is 36.8 Å². The standard InChI is InChI=1S/C29H36ClN3O8/c1-32(2)23-17-9-14-8-16-20(18(34)10-15(22(16)30)11-33-6-4-13(5-7-33)12-41-3)24(35)19(14)26(37)29(17,40)27(38)21(25(23)36)28(31)39/h10,13-14,17,23,34-35,38,40H,4-9,11-12H2,1-3H3,(H2,31,39)/t14-,17-,23-,29-/m0/s1. The normalized spacial score (nSPS) is 29.1. The molecule has 2 fully saturated rings. The lowest BCUT2D eigenvalue weighted by atomic mass is 9.57. The second-order valence-electron chi connectivity index (χ2n) is 11.9. The number of Topliss-reactive ketones (excluding diaryl/α,β-unsaturated/α-hetero) is 2. The molecule has 0 aromatic heterocycles. The number of amides is 1. The SMILES string of the molecule is COCC1CCN(Cc2cc(O)c3c(c2Cl)C[C@H]2C[C@H]4[C@H](N(C)C)C(=O)C(C(N)=O)=C(O)[C@@]4(O)C(=O)C2=C3O)CC1. The number of halogens is 1. The van der Waals surface area contributed by atoms with Crippen LogP contribution >= 0.6 is 11.6 Å². The predicted octanol–water partition coefficient (Wildman–Crippen LogP) is 1.48. The minimum atomic E-state index is -2.67. The Morgan fingerprint density at radius 1 is 1.22 bits per heavy atom. The van der Waals surface area contributed by atoms with Gasteiger partial charge in [-0.15, -0.1) is 0 Å². The molecular weight excluding hydrogens is 554 g/mol. The number of aliphatic hydroxyl groups is 3. The summed E-state index contributed by atoms with van der Waals surface area (Å²) in [5.74, 6) is -6.33. The molecule has 5 rings (SSSR count). The number of phenolic OH excluding ortho intramolecular Hbond substituents is 1. The number of phenols is 1. The van der Waals surface area contributed by atoms with Crippen LogP contribution in [0.5, 0.6) is 5.75 Å². The molecule has 1 aromatic rings. The smallest absolute Gasteiger partial charge is 0.255 e. The average Bonchev–Trinajstić information content (AvgIpc) is 2.90. The molecule has 0 spiro atoms. The molecule has 0 bridgehead atoms. The van der Waals surface area contributed by atoms with Gasteiger partial charge in [0.25, 0.3) is 5.91 Å². The maximum Gasteiger partial charge on any atom is 0.255 e. The number of fused-ring (bicyclic) bond motifs is 3. The fraction of sp³-hybridized carbons (Fsp3) is 0.552. The van der Waals surface area contributed by atoms with Gasteiger partial charge >= 0.3 is 0 Å². The minimum absolute atomic E-state index is 0.00570. The van der Waals surface area contributed by atoms with Crippen LogP contribution in [0.25, 0.3) is 5.76 Å². The van der Waals surface area contributed by atoms with Crippen molar-refractivity contribution in [3.05, 3.63) is 44.7 Å². The van der Waals surface area contributed by atoms with E-state index >= 15 is 0 Å². The largest absolute Gasteiger partial charge is 0.508 e. The highest BCUT2D eigenvalue weighted by Crippen LogP contribution is 2.53. The molecule has 1 saturated heterocycles. The van der Waals surface area contributed by atoms with Crippen LogP contribution in [0.3, 0.4) is 0 Å². The molecule has 12 heteroatoms. The van der Waals surface area contributed by atoms with E-state index in [1.54, 1.807) is 21.2 Å². The summed E-state index contributed by atoms with van der Waals surface area (Å²) in [6.07, 6.45) is 2.13. The Labute approximate surface area is 242 Å². The molecule has 1 heterocycles. The number of hydrogen-bond donors (Lipinski definition) is 5. The van der Waals surface area contributed by atoms with Crippen molar-refractivity contribution in [2.75, 3.05) is 40.9 Å². The van der Waals surface area contributed by atoms with Crippen molar-refractivity contribution in [1.29, 1.82) is 0 Å². The van der Waals surface area contributed by atoms with E-state index < -0.39 is 58.0 Å². The van der Waals surface area contributed by atoms with Crippen LogP contribution < -0.4 is 5.73 Å². The molecule has 1 saturated carbocycles. The number of ketones is 2. The van der Waals surface area contributed by atoms with E-state index in [1.807, 2.05) is 0 Å². The number of primary amides is 1. The molecule has 1 aliphatic heterocycles. The molecule has 4 atom stereocenters. The van der Waals surface area contributed by atoms with Gasteiger partial charge in [0.2, 0.25) is 5.78 Å². The topological polar surface area (TPSA) is 174 Å². The number of likely N-dealkylation sites (tertiary alicyclic amines) is 1. The Kier molecular flexibility index (Phi) is 7.71. The number of aliphatic hydroxyl groups excluding tert-OH is 2. The monoisotopic (exact) mass is 589 g/mol. The van der Waals surface area contributed by atoms with E-state index in [0.29, 0.717) is 28.6 Å². The lowest BCUT2D eigenvalue weighted by Gasteiger charge is -2.50. The van der Waals surface area contributed by atoms with Crippen molar-refractivity contribution in [1.82, 2.24) is 9.80 Å². The van der Waals surface area contributed by atoms with Gasteiger partial charge in [0.15, 0.2) is 11.4 Å². The van der Waals surface area contributed by atoms with E-state index in [2.05, 4.69) is 4.90 Å². The number of piperidine rings is 1. The molecule has 3 aliphatic carbocycles. The molecule has 41 heavy (non-hydrogen) atoms. The van der Waals surface area contributed by atoms with Crippen LogP contribution in [0.2, 0.25) is 5.02 Å². The number of benzene rings is 1. The van der Waals surface area contributed by atoms with E-state index in [1.165, 1.54) is 11.0 Å². The number of carbonyl (C=O) groups excluding carboxylic acids is 3. The second-order valence-corrected chi connectivity index (χ2v) is 12.2. The summed E-state index contributed by atoms with van der Waals surface area (Å²) in [5.41, 5.74) is 2.81. The van der Waals surface area contributed by atoms with Crippen LogP contribution in [-0.4, -0.2) is 100 Å². The maximum absolute atomic E-state index is 13.9. The third-order valence-corrected chi connectivity index (χ3v) is 9.70. The van der Waals surface area contributed by atoms with Crippen molar-refractivity contribution in [3.63, 3.8) is 0 Å². The summed E-state index contributed by atoms with van der Waals surface area (Å²) in [5, 5.41) is 45.4. The van der Waals surface area contributed by atoms with Gasteiger partial charge in [-0.25, -0.2) is 0 Å². The van der Waals surface area contributed by atoms with Crippen LogP contribution in [-0.2, 0) is 32.1 Å². The molecule has 6 N–H and O–H groups in total. The van der Waals surface area contributed by atoms with Gasteiger partial charge in [-0.05, 0) is 81.9 Å². The summed E-state index contributed by atoms with van der Waals surface area (Å²) < 4.78 is 5.28. The number of nitrogens with two attached hydrogens (primary N) is 1. The average molecular weight is 590 g/mol. The summed E-state index contributed by atoms with van der Waals surface area (Å²) in [4.78, 5) is 43.0.